The summed E-state index contributed by atoms with van der Waals surface area (Å²) in [6.45, 7) is 6.79. The minimum Gasteiger partial charge on any atom is -0.339 e. The van der Waals surface area contributed by atoms with Gasteiger partial charge in [-0.3, -0.25) is 9.69 Å². The first-order valence-corrected chi connectivity index (χ1v) is 12.2. The number of amides is 1. The number of aromatic nitrogens is 4. The smallest absolute Gasteiger partial charge is 0.237 e. The van der Waals surface area contributed by atoms with Gasteiger partial charge >= 0.3 is 0 Å². The Hall–Kier alpha value is -4.37. The maximum absolute atomic E-state index is 13.0. The molecular formula is C28H26N6O3. The Bertz CT molecular complexity index is 1570. The maximum Gasteiger partial charge on any atom is 0.237 e. The summed E-state index contributed by atoms with van der Waals surface area (Å²) < 4.78 is 10.2. The number of carbonyl (C=O) groups is 1. The lowest BCUT2D eigenvalue weighted by atomic mass is 10.0. The van der Waals surface area contributed by atoms with Gasteiger partial charge in [0.05, 0.1) is 6.54 Å². The topological polar surface area (TPSA) is 101 Å². The van der Waals surface area contributed by atoms with Crippen LogP contribution >= 0.6 is 0 Å². The predicted octanol–water partition coefficient (Wildman–Crippen LogP) is 4.40. The molecule has 5 aromatic rings. The molecule has 1 saturated heterocycles. The van der Waals surface area contributed by atoms with Crippen LogP contribution in [0.1, 0.15) is 22.9 Å². The van der Waals surface area contributed by atoms with Crippen LogP contribution in [0.4, 0.5) is 0 Å². The molecule has 0 bridgehead atoms. The third-order valence-corrected chi connectivity index (χ3v) is 6.61. The van der Waals surface area contributed by atoms with E-state index in [-0.39, 0.29) is 5.91 Å². The molecule has 1 aliphatic rings. The van der Waals surface area contributed by atoms with Crippen molar-refractivity contribution in [3.8, 4) is 22.8 Å². The number of fused-ring (bicyclic) bond motifs is 1. The van der Waals surface area contributed by atoms with Crippen molar-refractivity contribution in [1.82, 2.24) is 30.1 Å². The van der Waals surface area contributed by atoms with Crippen LogP contribution in [0.3, 0.4) is 0 Å². The standard InChI is InChI=1S/C28H26N6O3/c1-18-29-27(31-36-18)23-7-3-20(4-8-23)15-33-11-12-34(26(35)17-33)16-21-5-6-22-9-10-24(14-25(22)13-21)28-30-19(2)37-32-28/h3-10,13-14H,11-12,15-17H2,1-2H3. The summed E-state index contributed by atoms with van der Waals surface area (Å²) >= 11 is 0. The molecule has 1 aliphatic heterocycles. The summed E-state index contributed by atoms with van der Waals surface area (Å²) in [6.07, 6.45) is 0. The molecule has 0 N–H and O–H groups in total. The van der Waals surface area contributed by atoms with E-state index in [1.807, 2.05) is 23.1 Å². The van der Waals surface area contributed by atoms with Crippen molar-refractivity contribution >= 4 is 16.7 Å². The molecule has 0 spiro atoms. The second-order valence-electron chi connectivity index (χ2n) is 9.39. The van der Waals surface area contributed by atoms with Crippen molar-refractivity contribution in [2.24, 2.45) is 0 Å². The number of nitrogens with zero attached hydrogens (tertiary/aromatic N) is 6. The molecule has 1 fully saturated rings. The Morgan fingerprint density at radius 3 is 2.05 bits per heavy atom. The van der Waals surface area contributed by atoms with E-state index < -0.39 is 0 Å². The number of hydrogen-bond donors (Lipinski definition) is 0. The van der Waals surface area contributed by atoms with Gasteiger partial charge in [-0.05, 0) is 34.0 Å². The van der Waals surface area contributed by atoms with Crippen molar-refractivity contribution in [3.63, 3.8) is 0 Å². The van der Waals surface area contributed by atoms with Crippen LogP contribution in [-0.2, 0) is 17.9 Å². The zero-order chi connectivity index (χ0) is 25.4. The summed E-state index contributed by atoms with van der Waals surface area (Å²) in [5.74, 6) is 2.39. The van der Waals surface area contributed by atoms with Crippen LogP contribution in [0.15, 0.2) is 69.7 Å². The first kappa shape index (κ1) is 23.1. The number of hydrogen-bond acceptors (Lipinski definition) is 8. The molecule has 0 atom stereocenters. The molecule has 9 heteroatoms. The van der Waals surface area contributed by atoms with Crippen molar-refractivity contribution in [1.29, 1.82) is 0 Å². The Morgan fingerprint density at radius 1 is 0.730 bits per heavy atom. The lowest BCUT2D eigenvalue weighted by molar-refractivity contribution is -0.136. The molecule has 37 heavy (non-hydrogen) atoms. The molecular weight excluding hydrogens is 468 g/mol. The molecule has 3 aromatic carbocycles. The van der Waals surface area contributed by atoms with Gasteiger partial charge < -0.3 is 13.9 Å². The van der Waals surface area contributed by atoms with Gasteiger partial charge in [-0.15, -0.1) is 0 Å². The highest BCUT2D eigenvalue weighted by Crippen LogP contribution is 2.25. The Labute approximate surface area is 213 Å². The largest absolute Gasteiger partial charge is 0.339 e. The summed E-state index contributed by atoms with van der Waals surface area (Å²) in [7, 11) is 0. The quantitative estimate of drug-likeness (QED) is 0.342. The average Bonchev–Trinajstić information content (AvgIpc) is 3.54. The van der Waals surface area contributed by atoms with E-state index in [2.05, 4.69) is 67.6 Å². The molecule has 3 heterocycles. The number of piperazine rings is 1. The van der Waals surface area contributed by atoms with E-state index >= 15 is 0 Å². The normalized spacial score (nSPS) is 14.5. The summed E-state index contributed by atoms with van der Waals surface area (Å²) in [5, 5.41) is 10.2. The number of benzene rings is 3. The van der Waals surface area contributed by atoms with E-state index in [0.29, 0.717) is 43.1 Å². The fraction of sp³-hybridized carbons (Fsp3) is 0.250. The second-order valence-corrected chi connectivity index (χ2v) is 9.39. The van der Waals surface area contributed by atoms with Gasteiger partial charge in [0.25, 0.3) is 0 Å². The lowest BCUT2D eigenvalue weighted by Crippen LogP contribution is -2.49. The predicted molar refractivity (Wildman–Crippen MR) is 137 cm³/mol. The van der Waals surface area contributed by atoms with E-state index in [1.54, 1.807) is 13.8 Å². The molecule has 2 aromatic heterocycles. The third-order valence-electron chi connectivity index (χ3n) is 6.61. The van der Waals surface area contributed by atoms with Crippen LogP contribution in [0.5, 0.6) is 0 Å². The average molecular weight is 495 g/mol. The van der Waals surface area contributed by atoms with Gasteiger partial charge in [0.2, 0.25) is 29.3 Å². The molecule has 0 radical (unpaired) electrons. The van der Waals surface area contributed by atoms with Crippen LogP contribution in [-0.4, -0.2) is 55.6 Å². The summed E-state index contributed by atoms with van der Waals surface area (Å²) in [6, 6.07) is 20.5. The van der Waals surface area contributed by atoms with E-state index in [1.165, 1.54) is 0 Å². The Morgan fingerprint density at radius 2 is 1.38 bits per heavy atom. The van der Waals surface area contributed by atoms with Crippen LogP contribution < -0.4 is 0 Å². The van der Waals surface area contributed by atoms with E-state index in [0.717, 1.165) is 46.1 Å². The highest BCUT2D eigenvalue weighted by Gasteiger charge is 2.24. The third kappa shape index (κ3) is 4.99. The fourth-order valence-corrected chi connectivity index (χ4v) is 4.66. The molecule has 0 saturated carbocycles. The zero-order valence-corrected chi connectivity index (χ0v) is 20.7. The number of rotatable bonds is 6. The Kier molecular flexibility index (Phi) is 5.97. The van der Waals surface area contributed by atoms with Gasteiger partial charge in [0.1, 0.15) is 0 Å². The van der Waals surface area contributed by atoms with Crippen molar-refractivity contribution < 1.29 is 13.8 Å². The molecule has 186 valence electrons. The highest BCUT2D eigenvalue weighted by atomic mass is 16.5. The Balaban J connectivity index is 1.09. The van der Waals surface area contributed by atoms with Gasteiger partial charge in [-0.1, -0.05) is 58.8 Å². The first-order chi connectivity index (χ1) is 18.0. The monoisotopic (exact) mass is 494 g/mol. The van der Waals surface area contributed by atoms with Crippen LogP contribution in [0, 0.1) is 13.8 Å². The van der Waals surface area contributed by atoms with Gasteiger partial charge in [0, 0.05) is 51.2 Å². The fourth-order valence-electron chi connectivity index (χ4n) is 4.66. The maximum atomic E-state index is 13.0. The minimum absolute atomic E-state index is 0.140. The van der Waals surface area contributed by atoms with Crippen molar-refractivity contribution in [3.05, 3.63) is 83.6 Å². The number of aryl methyl sites for hydroxylation is 2. The van der Waals surface area contributed by atoms with Crippen LogP contribution in [0.2, 0.25) is 0 Å². The van der Waals surface area contributed by atoms with E-state index in [9.17, 15) is 4.79 Å². The summed E-state index contributed by atoms with van der Waals surface area (Å²) in [5.41, 5.74) is 4.07. The molecule has 0 unspecified atom stereocenters. The zero-order valence-electron chi connectivity index (χ0n) is 20.7. The lowest BCUT2D eigenvalue weighted by Gasteiger charge is -2.34. The second kappa shape index (κ2) is 9.59. The number of carbonyl (C=O) groups excluding carboxylic acids is 1. The van der Waals surface area contributed by atoms with Crippen molar-refractivity contribution in [2.45, 2.75) is 26.9 Å². The highest BCUT2D eigenvalue weighted by molar-refractivity contribution is 5.87. The first-order valence-electron chi connectivity index (χ1n) is 12.2. The molecule has 0 aliphatic carbocycles. The molecule has 9 nitrogen and oxygen atoms in total. The van der Waals surface area contributed by atoms with Gasteiger partial charge in [0.15, 0.2) is 0 Å². The molecule has 1 amide bonds. The summed E-state index contributed by atoms with van der Waals surface area (Å²) in [4.78, 5) is 25.7. The van der Waals surface area contributed by atoms with Crippen LogP contribution in [0.25, 0.3) is 33.5 Å². The van der Waals surface area contributed by atoms with Gasteiger partial charge in [-0.2, -0.15) is 9.97 Å². The van der Waals surface area contributed by atoms with E-state index in [4.69, 9.17) is 9.05 Å². The SMILES string of the molecule is Cc1nc(-c2ccc(CN3CCN(Cc4ccc5ccc(-c6noc(C)n6)cc5c4)C(=O)C3)cc2)no1. The molecule has 6 rings (SSSR count). The van der Waals surface area contributed by atoms with Gasteiger partial charge in [-0.25, -0.2) is 0 Å². The minimum atomic E-state index is 0.140. The van der Waals surface area contributed by atoms with Crippen molar-refractivity contribution in [2.75, 3.05) is 19.6 Å².